The van der Waals surface area contributed by atoms with E-state index < -0.39 is 5.25 Å². The van der Waals surface area contributed by atoms with Gasteiger partial charge in [-0.15, -0.1) is 0 Å². The highest BCUT2D eigenvalue weighted by Crippen LogP contribution is 2.38. The van der Waals surface area contributed by atoms with Gasteiger partial charge in [-0.1, -0.05) is 42.1 Å². The molecule has 1 N–H and O–H groups in total. The summed E-state index contributed by atoms with van der Waals surface area (Å²) in [5.74, 6) is -0.159. The molecule has 5 nitrogen and oxygen atoms in total. The normalized spacial score (nSPS) is 17.8. The van der Waals surface area contributed by atoms with E-state index in [1.807, 2.05) is 56.3 Å². The summed E-state index contributed by atoms with van der Waals surface area (Å²) in [6, 6.07) is 13.4. The minimum atomic E-state index is -0.440. The first-order valence-electron chi connectivity index (χ1n) is 8.37. The van der Waals surface area contributed by atoms with Gasteiger partial charge in [-0.25, -0.2) is 4.98 Å². The van der Waals surface area contributed by atoms with E-state index in [0.29, 0.717) is 6.54 Å². The predicted molar refractivity (Wildman–Crippen MR) is 99.5 cm³/mol. The first kappa shape index (κ1) is 17.5. The van der Waals surface area contributed by atoms with E-state index in [1.54, 1.807) is 11.1 Å². The molecule has 2 aromatic rings. The summed E-state index contributed by atoms with van der Waals surface area (Å²) in [5, 5.41) is 3.34. The molecule has 130 valence electrons. The number of carbonyl (C=O) groups is 2. The van der Waals surface area contributed by atoms with Crippen LogP contribution in [0.1, 0.15) is 31.9 Å². The maximum atomic E-state index is 12.7. The summed E-state index contributed by atoms with van der Waals surface area (Å²) in [5.41, 5.74) is 1.87. The van der Waals surface area contributed by atoms with Crippen molar-refractivity contribution in [2.45, 2.75) is 36.6 Å². The van der Waals surface area contributed by atoms with Gasteiger partial charge in [0.15, 0.2) is 0 Å². The monoisotopic (exact) mass is 355 g/mol. The molecule has 0 radical (unpaired) electrons. The zero-order chi connectivity index (χ0) is 17.8. The number of anilines is 1. The van der Waals surface area contributed by atoms with E-state index in [0.717, 1.165) is 16.3 Å². The Morgan fingerprint density at radius 1 is 1.28 bits per heavy atom. The Morgan fingerprint density at radius 2 is 2.04 bits per heavy atom. The molecule has 6 heteroatoms. The van der Waals surface area contributed by atoms with Gasteiger partial charge in [-0.3, -0.25) is 9.59 Å². The molecule has 0 aliphatic carbocycles. The van der Waals surface area contributed by atoms with Gasteiger partial charge in [0.05, 0.1) is 17.0 Å². The van der Waals surface area contributed by atoms with Gasteiger partial charge in [-0.2, -0.15) is 0 Å². The molecule has 2 amide bonds. The number of fused-ring (bicyclic) bond motifs is 1. The van der Waals surface area contributed by atoms with Crippen LogP contribution in [-0.2, 0) is 9.59 Å². The number of rotatable bonds is 5. The van der Waals surface area contributed by atoms with Crippen LogP contribution in [0.5, 0.6) is 0 Å². The number of aromatic nitrogens is 1. The van der Waals surface area contributed by atoms with Gasteiger partial charge in [0, 0.05) is 19.2 Å². The van der Waals surface area contributed by atoms with Crippen LogP contribution in [0, 0.1) is 0 Å². The molecule has 0 saturated carbocycles. The molecular formula is C19H21N3O2S. The highest BCUT2D eigenvalue weighted by Gasteiger charge is 2.34. The van der Waals surface area contributed by atoms with Gasteiger partial charge < -0.3 is 10.2 Å². The van der Waals surface area contributed by atoms with Crippen molar-refractivity contribution in [1.29, 1.82) is 0 Å². The van der Waals surface area contributed by atoms with Crippen LogP contribution in [0.3, 0.4) is 0 Å². The molecule has 0 saturated heterocycles. The number of carbonyl (C=O) groups excluding carboxylic acids is 2. The Balaban J connectivity index is 1.68. The Morgan fingerprint density at radius 3 is 2.76 bits per heavy atom. The number of benzene rings is 1. The van der Waals surface area contributed by atoms with E-state index in [9.17, 15) is 9.59 Å². The van der Waals surface area contributed by atoms with Gasteiger partial charge >= 0.3 is 0 Å². The zero-order valence-corrected chi connectivity index (χ0v) is 15.1. The number of hydrogen-bond acceptors (Lipinski definition) is 4. The van der Waals surface area contributed by atoms with Crippen molar-refractivity contribution in [3.05, 3.63) is 54.2 Å². The Bertz CT molecular complexity index is 766. The lowest BCUT2D eigenvalue weighted by Gasteiger charge is -2.32. The fourth-order valence-corrected chi connectivity index (χ4v) is 4.06. The zero-order valence-electron chi connectivity index (χ0n) is 14.3. The number of hydrogen-bond donors (Lipinski definition) is 1. The summed E-state index contributed by atoms with van der Waals surface area (Å²) >= 11 is 1.37. The van der Waals surface area contributed by atoms with Crippen molar-refractivity contribution in [2.24, 2.45) is 0 Å². The topological polar surface area (TPSA) is 62.3 Å². The highest BCUT2D eigenvalue weighted by atomic mass is 32.2. The molecule has 2 atom stereocenters. The Hall–Kier alpha value is -2.34. The van der Waals surface area contributed by atoms with Crippen LogP contribution in [0.4, 0.5) is 5.69 Å². The number of nitrogens with zero attached hydrogens (tertiary/aromatic N) is 2. The van der Waals surface area contributed by atoms with Gasteiger partial charge in [-0.05, 0) is 31.5 Å². The van der Waals surface area contributed by atoms with Crippen molar-refractivity contribution in [3.63, 3.8) is 0 Å². The van der Waals surface area contributed by atoms with E-state index >= 15 is 0 Å². The second-order valence-corrected chi connectivity index (χ2v) is 7.11. The molecule has 25 heavy (non-hydrogen) atoms. The van der Waals surface area contributed by atoms with Gasteiger partial charge in [0.25, 0.3) is 0 Å². The molecule has 3 rings (SSSR count). The lowest BCUT2D eigenvalue weighted by atomic mass is 10.1. The summed E-state index contributed by atoms with van der Waals surface area (Å²) in [7, 11) is 0. The maximum Gasteiger partial charge on any atom is 0.241 e. The molecule has 0 spiro atoms. The molecule has 1 aromatic heterocycles. The summed E-state index contributed by atoms with van der Waals surface area (Å²) in [6.45, 7) is 4.44. The average molecular weight is 355 g/mol. The van der Waals surface area contributed by atoms with Gasteiger partial charge in [0.1, 0.15) is 5.03 Å². The minimum Gasteiger partial charge on any atom is -0.350 e. The van der Waals surface area contributed by atoms with Crippen molar-refractivity contribution in [3.8, 4) is 0 Å². The maximum absolute atomic E-state index is 12.7. The standard InChI is InChI=1S/C19H21N3O2S/c1-3-22-15-10-7-11-20-18(15)25-16(19(22)24)12-17(23)21-13(2)14-8-5-4-6-9-14/h4-11,13,16H,3,12H2,1-2H3,(H,21,23)/t13-,16+/m1/s1. The number of pyridine rings is 1. The van der Waals surface area contributed by atoms with Crippen molar-refractivity contribution >= 4 is 29.3 Å². The predicted octanol–water partition coefficient (Wildman–Crippen LogP) is 3.18. The van der Waals surface area contributed by atoms with E-state index in [4.69, 9.17) is 0 Å². The van der Waals surface area contributed by atoms with E-state index in [1.165, 1.54) is 11.8 Å². The third-order valence-corrected chi connectivity index (χ3v) is 5.39. The first-order valence-corrected chi connectivity index (χ1v) is 9.25. The van der Waals surface area contributed by atoms with E-state index in [-0.39, 0.29) is 24.3 Å². The van der Waals surface area contributed by atoms with Crippen molar-refractivity contribution in [1.82, 2.24) is 10.3 Å². The lowest BCUT2D eigenvalue weighted by molar-refractivity contribution is -0.125. The Labute approximate surface area is 151 Å². The average Bonchev–Trinajstić information content (AvgIpc) is 2.63. The van der Waals surface area contributed by atoms with Crippen LogP contribution < -0.4 is 10.2 Å². The van der Waals surface area contributed by atoms with Crippen LogP contribution >= 0.6 is 11.8 Å². The third-order valence-electron chi connectivity index (χ3n) is 4.20. The fourth-order valence-electron chi connectivity index (χ4n) is 2.91. The molecule has 0 fully saturated rings. The fraction of sp³-hybridized carbons (Fsp3) is 0.316. The van der Waals surface area contributed by atoms with E-state index in [2.05, 4.69) is 10.3 Å². The summed E-state index contributed by atoms with van der Waals surface area (Å²) < 4.78 is 0. The minimum absolute atomic E-state index is 0.0319. The number of amides is 2. The molecular weight excluding hydrogens is 334 g/mol. The molecule has 0 bridgehead atoms. The number of thioether (sulfide) groups is 1. The second-order valence-electron chi connectivity index (χ2n) is 5.92. The SMILES string of the molecule is CCN1C(=O)[C@H](CC(=O)N[C@H](C)c2ccccc2)Sc2ncccc21. The quantitative estimate of drug-likeness (QED) is 0.895. The summed E-state index contributed by atoms with van der Waals surface area (Å²) in [6.07, 6.45) is 1.86. The Kier molecular flexibility index (Phi) is 5.38. The smallest absolute Gasteiger partial charge is 0.241 e. The third kappa shape index (κ3) is 3.85. The number of nitrogens with one attached hydrogen (secondary N) is 1. The second kappa shape index (κ2) is 7.70. The largest absolute Gasteiger partial charge is 0.350 e. The molecule has 0 unspecified atom stereocenters. The molecule has 1 aliphatic heterocycles. The molecule has 1 aromatic carbocycles. The van der Waals surface area contributed by atoms with Crippen LogP contribution in [0.25, 0.3) is 0 Å². The van der Waals surface area contributed by atoms with Crippen molar-refractivity contribution in [2.75, 3.05) is 11.4 Å². The van der Waals surface area contributed by atoms with Crippen LogP contribution in [-0.4, -0.2) is 28.6 Å². The van der Waals surface area contributed by atoms with Crippen LogP contribution in [0.15, 0.2) is 53.7 Å². The summed E-state index contributed by atoms with van der Waals surface area (Å²) in [4.78, 5) is 31.2. The molecule has 2 heterocycles. The lowest BCUT2D eigenvalue weighted by Crippen LogP contribution is -2.43. The van der Waals surface area contributed by atoms with Crippen LogP contribution in [0.2, 0.25) is 0 Å². The molecule has 1 aliphatic rings. The van der Waals surface area contributed by atoms with Crippen molar-refractivity contribution < 1.29 is 9.59 Å². The van der Waals surface area contributed by atoms with Gasteiger partial charge in [0.2, 0.25) is 11.8 Å². The first-order chi connectivity index (χ1) is 12.1. The highest BCUT2D eigenvalue weighted by molar-refractivity contribution is 8.00.